The molecular weight excluding hydrogens is 252 g/mol. The Balaban J connectivity index is 1.64. The highest BCUT2D eigenvalue weighted by atomic mass is 16.5. The van der Waals surface area contributed by atoms with Crippen LogP contribution in [-0.4, -0.2) is 10.1 Å². The fourth-order valence-corrected chi connectivity index (χ4v) is 2.73. The molecule has 0 unspecified atom stereocenters. The summed E-state index contributed by atoms with van der Waals surface area (Å²) in [7, 11) is 0. The standard InChI is InChI=1S/C15H20N4O/c1-10-6-7-18-15(16)12(10)8-17-9-13-11-4-2-3-5-14(11)20-19-13/h6-7,17H,2-5,8-9H2,1H3,(H2,16,18). The fraction of sp³-hybridized carbons (Fsp3) is 0.467. The van der Waals surface area contributed by atoms with E-state index < -0.39 is 0 Å². The maximum atomic E-state index is 5.91. The van der Waals surface area contributed by atoms with E-state index in [4.69, 9.17) is 10.3 Å². The topological polar surface area (TPSA) is 77.0 Å². The van der Waals surface area contributed by atoms with Gasteiger partial charge >= 0.3 is 0 Å². The van der Waals surface area contributed by atoms with Crippen molar-refractivity contribution in [3.05, 3.63) is 40.4 Å². The molecule has 2 heterocycles. The average Bonchev–Trinajstić information content (AvgIpc) is 2.86. The fourth-order valence-electron chi connectivity index (χ4n) is 2.73. The zero-order chi connectivity index (χ0) is 13.9. The highest BCUT2D eigenvalue weighted by Gasteiger charge is 2.18. The van der Waals surface area contributed by atoms with Crippen LogP contribution in [0.3, 0.4) is 0 Å². The first kappa shape index (κ1) is 13.1. The van der Waals surface area contributed by atoms with E-state index in [-0.39, 0.29) is 0 Å². The Labute approximate surface area is 118 Å². The molecule has 0 atom stereocenters. The van der Waals surface area contributed by atoms with Crippen molar-refractivity contribution in [2.24, 2.45) is 0 Å². The van der Waals surface area contributed by atoms with E-state index in [2.05, 4.69) is 15.5 Å². The number of nitrogens with one attached hydrogen (secondary N) is 1. The highest BCUT2D eigenvalue weighted by molar-refractivity contribution is 5.43. The number of hydrogen-bond donors (Lipinski definition) is 2. The molecular formula is C15H20N4O. The van der Waals surface area contributed by atoms with E-state index in [9.17, 15) is 0 Å². The molecule has 0 radical (unpaired) electrons. The molecule has 1 aliphatic carbocycles. The van der Waals surface area contributed by atoms with Crippen molar-refractivity contribution in [3.8, 4) is 0 Å². The molecule has 2 aromatic heterocycles. The Morgan fingerprint density at radius 1 is 1.30 bits per heavy atom. The number of anilines is 1. The summed E-state index contributed by atoms with van der Waals surface area (Å²) in [5.41, 5.74) is 10.5. The van der Waals surface area contributed by atoms with E-state index in [0.29, 0.717) is 18.9 Å². The first-order chi connectivity index (χ1) is 9.75. The Morgan fingerprint density at radius 2 is 2.15 bits per heavy atom. The van der Waals surface area contributed by atoms with Crippen LogP contribution in [0.15, 0.2) is 16.8 Å². The number of nitrogen functional groups attached to an aromatic ring is 1. The number of aryl methyl sites for hydroxylation is 2. The normalized spacial score (nSPS) is 14.2. The minimum Gasteiger partial charge on any atom is -0.383 e. The van der Waals surface area contributed by atoms with Gasteiger partial charge in [0.2, 0.25) is 0 Å². The van der Waals surface area contributed by atoms with E-state index in [1.165, 1.54) is 18.4 Å². The Hall–Kier alpha value is -1.88. The van der Waals surface area contributed by atoms with Crippen LogP contribution < -0.4 is 11.1 Å². The molecule has 3 rings (SSSR count). The second kappa shape index (κ2) is 5.63. The summed E-state index contributed by atoms with van der Waals surface area (Å²) in [4.78, 5) is 4.13. The molecule has 3 N–H and O–H groups in total. The van der Waals surface area contributed by atoms with E-state index >= 15 is 0 Å². The van der Waals surface area contributed by atoms with Gasteiger partial charge in [0.05, 0.1) is 0 Å². The molecule has 0 aromatic carbocycles. The van der Waals surface area contributed by atoms with Gasteiger partial charge in [0.1, 0.15) is 17.3 Å². The van der Waals surface area contributed by atoms with Gasteiger partial charge in [0, 0.05) is 36.8 Å². The van der Waals surface area contributed by atoms with E-state index in [1.807, 2.05) is 13.0 Å². The summed E-state index contributed by atoms with van der Waals surface area (Å²) >= 11 is 0. The zero-order valence-electron chi connectivity index (χ0n) is 11.8. The molecule has 0 saturated carbocycles. The van der Waals surface area contributed by atoms with Crippen LogP contribution in [0.1, 0.15) is 41.0 Å². The third kappa shape index (κ3) is 2.54. The molecule has 2 aromatic rings. The number of rotatable bonds is 4. The van der Waals surface area contributed by atoms with Gasteiger partial charge in [-0.1, -0.05) is 5.16 Å². The molecule has 20 heavy (non-hydrogen) atoms. The highest BCUT2D eigenvalue weighted by Crippen LogP contribution is 2.24. The number of nitrogens with zero attached hydrogens (tertiary/aromatic N) is 2. The monoisotopic (exact) mass is 272 g/mol. The molecule has 0 bridgehead atoms. The Kier molecular flexibility index (Phi) is 3.69. The third-order valence-electron chi connectivity index (χ3n) is 3.95. The molecule has 5 nitrogen and oxygen atoms in total. The van der Waals surface area contributed by atoms with Crippen LogP contribution in [0.2, 0.25) is 0 Å². The van der Waals surface area contributed by atoms with Gasteiger partial charge in [-0.15, -0.1) is 0 Å². The second-order valence-electron chi connectivity index (χ2n) is 5.33. The van der Waals surface area contributed by atoms with Gasteiger partial charge in [-0.3, -0.25) is 0 Å². The summed E-state index contributed by atoms with van der Waals surface area (Å²) in [6.45, 7) is 3.47. The number of hydrogen-bond acceptors (Lipinski definition) is 5. The minimum absolute atomic E-state index is 0.597. The van der Waals surface area contributed by atoms with Gasteiger partial charge in [-0.25, -0.2) is 4.98 Å². The molecule has 0 amide bonds. The quantitative estimate of drug-likeness (QED) is 0.891. The summed E-state index contributed by atoms with van der Waals surface area (Å²) in [6.07, 6.45) is 6.29. The largest absolute Gasteiger partial charge is 0.383 e. The van der Waals surface area contributed by atoms with Crippen LogP contribution >= 0.6 is 0 Å². The van der Waals surface area contributed by atoms with Crippen LogP contribution in [0.5, 0.6) is 0 Å². The molecule has 0 fully saturated rings. The first-order valence-electron chi connectivity index (χ1n) is 7.12. The number of nitrogens with two attached hydrogens (primary N) is 1. The van der Waals surface area contributed by atoms with Crippen molar-refractivity contribution >= 4 is 5.82 Å². The summed E-state index contributed by atoms with van der Waals surface area (Å²) in [5.74, 6) is 1.67. The van der Waals surface area contributed by atoms with Gasteiger partial charge in [-0.2, -0.15) is 0 Å². The van der Waals surface area contributed by atoms with Crippen LogP contribution in [0, 0.1) is 6.92 Å². The van der Waals surface area contributed by atoms with Crippen LogP contribution in [-0.2, 0) is 25.9 Å². The lowest BCUT2D eigenvalue weighted by atomic mass is 9.96. The van der Waals surface area contributed by atoms with E-state index in [0.717, 1.165) is 35.4 Å². The maximum absolute atomic E-state index is 5.91. The van der Waals surface area contributed by atoms with Crippen molar-refractivity contribution in [2.75, 3.05) is 5.73 Å². The Morgan fingerprint density at radius 3 is 3.00 bits per heavy atom. The third-order valence-corrected chi connectivity index (χ3v) is 3.95. The summed E-state index contributed by atoms with van der Waals surface area (Å²) in [6, 6.07) is 1.98. The average molecular weight is 272 g/mol. The van der Waals surface area contributed by atoms with Gasteiger partial charge in [-0.05, 0) is 37.8 Å². The second-order valence-corrected chi connectivity index (χ2v) is 5.33. The molecule has 106 valence electrons. The van der Waals surface area contributed by atoms with Crippen molar-refractivity contribution in [2.45, 2.75) is 45.7 Å². The zero-order valence-corrected chi connectivity index (χ0v) is 11.8. The summed E-state index contributed by atoms with van der Waals surface area (Å²) < 4.78 is 5.41. The molecule has 1 aliphatic rings. The molecule has 5 heteroatoms. The van der Waals surface area contributed by atoms with Crippen molar-refractivity contribution in [1.82, 2.24) is 15.5 Å². The molecule has 0 aliphatic heterocycles. The van der Waals surface area contributed by atoms with E-state index in [1.54, 1.807) is 6.20 Å². The minimum atomic E-state index is 0.597. The van der Waals surface area contributed by atoms with Crippen molar-refractivity contribution in [1.29, 1.82) is 0 Å². The predicted octanol–water partition coefficient (Wildman–Crippen LogP) is 2.13. The number of aromatic nitrogens is 2. The Bertz CT molecular complexity index is 586. The number of fused-ring (bicyclic) bond motifs is 1. The molecule has 0 saturated heterocycles. The van der Waals surface area contributed by atoms with Crippen molar-refractivity contribution < 1.29 is 4.52 Å². The maximum Gasteiger partial charge on any atom is 0.140 e. The summed E-state index contributed by atoms with van der Waals surface area (Å²) in [5, 5.41) is 7.58. The lowest BCUT2D eigenvalue weighted by molar-refractivity contribution is 0.366. The van der Waals surface area contributed by atoms with Crippen LogP contribution in [0.4, 0.5) is 5.82 Å². The number of pyridine rings is 1. The first-order valence-corrected chi connectivity index (χ1v) is 7.12. The lowest BCUT2D eigenvalue weighted by Crippen LogP contribution is -2.17. The van der Waals surface area contributed by atoms with Crippen molar-refractivity contribution in [3.63, 3.8) is 0 Å². The molecule has 0 spiro atoms. The lowest BCUT2D eigenvalue weighted by Gasteiger charge is -2.11. The smallest absolute Gasteiger partial charge is 0.140 e. The van der Waals surface area contributed by atoms with Gasteiger partial charge in [0.25, 0.3) is 0 Å². The SMILES string of the molecule is Cc1ccnc(N)c1CNCc1noc2c1CCCC2. The van der Waals surface area contributed by atoms with Crippen LogP contribution in [0.25, 0.3) is 0 Å². The van der Waals surface area contributed by atoms with Gasteiger partial charge < -0.3 is 15.6 Å². The van der Waals surface area contributed by atoms with Gasteiger partial charge in [0.15, 0.2) is 0 Å². The predicted molar refractivity (Wildman–Crippen MR) is 77.1 cm³/mol.